The molecule has 0 bridgehead atoms. The van der Waals surface area contributed by atoms with Gasteiger partial charge in [-0.15, -0.1) is 0 Å². The predicted octanol–water partition coefficient (Wildman–Crippen LogP) is 2.46. The van der Waals surface area contributed by atoms with Gasteiger partial charge in [-0.2, -0.15) is 0 Å². The second-order valence-corrected chi connectivity index (χ2v) is 6.80. The Balaban J connectivity index is 1.92. The first-order valence-corrected chi connectivity index (χ1v) is 8.07. The molecule has 1 aliphatic heterocycles. The lowest BCUT2D eigenvalue weighted by Crippen LogP contribution is -2.67. The molecule has 0 aromatic heterocycles. The van der Waals surface area contributed by atoms with Crippen LogP contribution in [0.3, 0.4) is 0 Å². The zero-order valence-electron chi connectivity index (χ0n) is 11.2. The molecule has 1 aliphatic carbocycles. The maximum absolute atomic E-state index is 12.8. The van der Waals surface area contributed by atoms with Crippen LogP contribution in [-0.2, 0) is 9.59 Å². The molecule has 1 saturated heterocycles. The zero-order valence-corrected chi connectivity index (χ0v) is 13.4. The number of rotatable bonds is 1. The van der Waals surface area contributed by atoms with Crippen LogP contribution in [0.25, 0.3) is 0 Å². The highest BCUT2D eigenvalue weighted by molar-refractivity contribution is 14.1. The van der Waals surface area contributed by atoms with Crippen molar-refractivity contribution in [1.29, 1.82) is 0 Å². The van der Waals surface area contributed by atoms with E-state index in [1.54, 1.807) is 4.90 Å². The minimum atomic E-state index is -0.656. The first kappa shape index (κ1) is 13.9. The minimum absolute atomic E-state index is 0.0509. The summed E-state index contributed by atoms with van der Waals surface area (Å²) < 4.78 is 1.12. The summed E-state index contributed by atoms with van der Waals surface area (Å²) >= 11 is 2.23. The SMILES string of the molecule is O=C1CN(c2ccc(I)cc2)C(=O)C2(CCCCC2)N1. The molecule has 1 N–H and O–H groups in total. The largest absolute Gasteiger partial charge is 0.340 e. The van der Waals surface area contributed by atoms with Crippen LogP contribution in [0.1, 0.15) is 32.1 Å². The molecule has 1 spiro atoms. The molecule has 4 nitrogen and oxygen atoms in total. The fraction of sp³-hybridized carbons (Fsp3) is 0.467. The summed E-state index contributed by atoms with van der Waals surface area (Å²) in [5.41, 5.74) is 0.159. The lowest BCUT2D eigenvalue weighted by molar-refractivity contribution is -0.137. The number of carbonyl (C=O) groups is 2. The van der Waals surface area contributed by atoms with E-state index in [4.69, 9.17) is 0 Å². The van der Waals surface area contributed by atoms with Crippen molar-refractivity contribution in [1.82, 2.24) is 5.32 Å². The Morgan fingerprint density at radius 3 is 2.35 bits per heavy atom. The summed E-state index contributed by atoms with van der Waals surface area (Å²) in [6.45, 7) is 0.126. The third-order valence-corrected chi connectivity index (χ3v) is 4.90. The van der Waals surface area contributed by atoms with Crippen LogP contribution in [-0.4, -0.2) is 23.9 Å². The number of carbonyl (C=O) groups excluding carboxylic acids is 2. The van der Waals surface area contributed by atoms with Crippen LogP contribution in [0.2, 0.25) is 0 Å². The topological polar surface area (TPSA) is 49.4 Å². The van der Waals surface area contributed by atoms with Gasteiger partial charge in [0.05, 0.1) is 0 Å². The van der Waals surface area contributed by atoms with Crippen molar-refractivity contribution in [3.05, 3.63) is 27.8 Å². The van der Waals surface area contributed by atoms with Gasteiger partial charge in [-0.1, -0.05) is 19.3 Å². The molecule has 1 heterocycles. The van der Waals surface area contributed by atoms with Gasteiger partial charge in [-0.25, -0.2) is 0 Å². The zero-order chi connectivity index (χ0) is 14.2. The molecule has 106 valence electrons. The number of amides is 2. The molecular weight excluding hydrogens is 367 g/mol. The second-order valence-electron chi connectivity index (χ2n) is 5.56. The lowest BCUT2D eigenvalue weighted by Gasteiger charge is -2.44. The van der Waals surface area contributed by atoms with Gasteiger partial charge >= 0.3 is 0 Å². The van der Waals surface area contributed by atoms with Crippen LogP contribution in [0.5, 0.6) is 0 Å². The van der Waals surface area contributed by atoms with Crippen molar-refractivity contribution >= 4 is 40.1 Å². The maximum atomic E-state index is 12.8. The van der Waals surface area contributed by atoms with Crippen molar-refractivity contribution in [2.24, 2.45) is 0 Å². The fourth-order valence-corrected chi connectivity index (χ4v) is 3.52. The number of hydrogen-bond acceptors (Lipinski definition) is 2. The Morgan fingerprint density at radius 1 is 1.05 bits per heavy atom. The van der Waals surface area contributed by atoms with E-state index in [2.05, 4.69) is 27.9 Å². The Kier molecular flexibility index (Phi) is 3.70. The van der Waals surface area contributed by atoms with Crippen molar-refractivity contribution < 1.29 is 9.59 Å². The normalized spacial score (nSPS) is 21.9. The van der Waals surface area contributed by atoms with Gasteiger partial charge in [0.15, 0.2) is 0 Å². The molecule has 1 aromatic rings. The summed E-state index contributed by atoms with van der Waals surface area (Å²) in [7, 11) is 0. The Bertz CT molecular complexity index is 535. The van der Waals surface area contributed by atoms with E-state index < -0.39 is 5.54 Å². The monoisotopic (exact) mass is 384 g/mol. The lowest BCUT2D eigenvalue weighted by atomic mass is 9.79. The van der Waals surface area contributed by atoms with Crippen molar-refractivity contribution in [2.45, 2.75) is 37.6 Å². The molecule has 5 heteroatoms. The van der Waals surface area contributed by atoms with E-state index in [9.17, 15) is 9.59 Å². The first-order valence-electron chi connectivity index (χ1n) is 6.99. The minimum Gasteiger partial charge on any atom is -0.340 e. The summed E-state index contributed by atoms with van der Waals surface area (Å²) in [5.74, 6) is 0.00283. The Morgan fingerprint density at radius 2 is 1.70 bits per heavy atom. The highest BCUT2D eigenvalue weighted by Crippen LogP contribution is 2.33. The molecule has 1 aromatic carbocycles. The van der Waals surface area contributed by atoms with E-state index in [1.165, 1.54) is 0 Å². The first-order chi connectivity index (χ1) is 9.61. The number of piperazine rings is 1. The summed E-state index contributed by atoms with van der Waals surface area (Å²) in [6, 6.07) is 7.75. The molecule has 0 radical (unpaired) electrons. The average molecular weight is 384 g/mol. The van der Waals surface area contributed by atoms with Crippen LogP contribution in [0.15, 0.2) is 24.3 Å². The molecule has 0 unspecified atom stereocenters. The average Bonchev–Trinajstić information content (AvgIpc) is 2.45. The van der Waals surface area contributed by atoms with E-state index in [-0.39, 0.29) is 18.4 Å². The fourth-order valence-electron chi connectivity index (χ4n) is 3.16. The van der Waals surface area contributed by atoms with Gasteiger partial charge < -0.3 is 10.2 Å². The third-order valence-electron chi connectivity index (χ3n) is 4.18. The summed E-state index contributed by atoms with van der Waals surface area (Å²) in [5, 5.41) is 2.96. The summed E-state index contributed by atoms with van der Waals surface area (Å²) in [6.07, 6.45) is 4.68. The smallest absolute Gasteiger partial charge is 0.253 e. The molecule has 1 saturated carbocycles. The number of nitrogens with one attached hydrogen (secondary N) is 1. The Labute approximate surface area is 132 Å². The molecule has 2 amide bonds. The second kappa shape index (κ2) is 5.35. The van der Waals surface area contributed by atoms with Gasteiger partial charge in [-0.3, -0.25) is 9.59 Å². The predicted molar refractivity (Wildman–Crippen MR) is 85.5 cm³/mol. The highest BCUT2D eigenvalue weighted by Gasteiger charge is 2.47. The standard InChI is InChI=1S/C15H17IN2O2/c16-11-4-6-12(7-5-11)18-10-13(19)17-15(14(18)20)8-2-1-3-9-15/h4-7H,1-3,8-10H2,(H,17,19). The maximum Gasteiger partial charge on any atom is 0.253 e. The summed E-state index contributed by atoms with van der Waals surface area (Å²) in [4.78, 5) is 26.5. The van der Waals surface area contributed by atoms with Gasteiger partial charge in [0, 0.05) is 9.26 Å². The third kappa shape index (κ3) is 2.43. The number of benzene rings is 1. The van der Waals surface area contributed by atoms with Gasteiger partial charge in [0.25, 0.3) is 5.91 Å². The van der Waals surface area contributed by atoms with E-state index >= 15 is 0 Å². The van der Waals surface area contributed by atoms with Crippen molar-refractivity contribution in [2.75, 3.05) is 11.4 Å². The van der Waals surface area contributed by atoms with Crippen molar-refractivity contribution in [3.8, 4) is 0 Å². The van der Waals surface area contributed by atoms with E-state index in [1.807, 2.05) is 24.3 Å². The van der Waals surface area contributed by atoms with Gasteiger partial charge in [0.2, 0.25) is 5.91 Å². The molecule has 0 atom stereocenters. The number of anilines is 1. The van der Waals surface area contributed by atoms with Gasteiger partial charge in [-0.05, 0) is 59.7 Å². The molecule has 3 rings (SSSR count). The highest BCUT2D eigenvalue weighted by atomic mass is 127. The Hall–Kier alpha value is -1.11. The van der Waals surface area contributed by atoms with Crippen LogP contribution in [0.4, 0.5) is 5.69 Å². The van der Waals surface area contributed by atoms with Crippen LogP contribution < -0.4 is 10.2 Å². The molecular formula is C15H17IN2O2. The van der Waals surface area contributed by atoms with E-state index in [0.29, 0.717) is 0 Å². The molecule has 2 aliphatic rings. The van der Waals surface area contributed by atoms with Crippen LogP contribution in [0, 0.1) is 3.57 Å². The number of nitrogens with zero attached hydrogens (tertiary/aromatic N) is 1. The van der Waals surface area contributed by atoms with Crippen LogP contribution >= 0.6 is 22.6 Å². The number of hydrogen-bond donors (Lipinski definition) is 1. The van der Waals surface area contributed by atoms with Gasteiger partial charge in [0.1, 0.15) is 12.1 Å². The van der Waals surface area contributed by atoms with E-state index in [0.717, 1.165) is 41.4 Å². The quantitative estimate of drug-likeness (QED) is 0.757. The molecule has 20 heavy (non-hydrogen) atoms. The molecule has 2 fully saturated rings. The number of halogens is 1. The van der Waals surface area contributed by atoms with Crippen molar-refractivity contribution in [3.63, 3.8) is 0 Å².